The molecule has 6 heteroatoms. The number of nitro benzene ring substituents is 1. The summed E-state index contributed by atoms with van der Waals surface area (Å²) in [6.07, 6.45) is 0. The van der Waals surface area contributed by atoms with Crippen molar-refractivity contribution in [2.24, 2.45) is 0 Å². The lowest BCUT2D eigenvalue weighted by molar-refractivity contribution is -0.385. The van der Waals surface area contributed by atoms with E-state index in [2.05, 4.69) is 10.3 Å². The molecule has 2 N–H and O–H groups in total. The summed E-state index contributed by atoms with van der Waals surface area (Å²) in [5.41, 5.74) is 2.03. The van der Waals surface area contributed by atoms with Gasteiger partial charge in [0.1, 0.15) is 5.75 Å². The summed E-state index contributed by atoms with van der Waals surface area (Å²) >= 11 is 0. The third-order valence-corrected chi connectivity index (χ3v) is 2.89. The predicted octanol–water partition coefficient (Wildman–Crippen LogP) is 2.29. The summed E-state index contributed by atoms with van der Waals surface area (Å²) in [7, 11) is 0. The molecule has 0 saturated carbocycles. The van der Waals surface area contributed by atoms with Crippen molar-refractivity contribution in [3.05, 3.63) is 63.5 Å². The zero-order chi connectivity index (χ0) is 14.5. The zero-order valence-electron chi connectivity index (χ0n) is 11.0. The van der Waals surface area contributed by atoms with Crippen LogP contribution in [0.2, 0.25) is 0 Å². The molecule has 0 aliphatic carbocycles. The number of benzene rings is 1. The molecule has 0 unspecified atom stereocenters. The molecular weight excluding hydrogens is 258 g/mol. The molecule has 0 fully saturated rings. The Morgan fingerprint density at radius 1 is 1.25 bits per heavy atom. The van der Waals surface area contributed by atoms with Gasteiger partial charge in [0.05, 0.1) is 10.6 Å². The van der Waals surface area contributed by atoms with Gasteiger partial charge in [-0.15, -0.1) is 0 Å². The molecule has 0 spiro atoms. The van der Waals surface area contributed by atoms with Gasteiger partial charge < -0.3 is 10.4 Å². The first-order valence-corrected chi connectivity index (χ1v) is 6.16. The van der Waals surface area contributed by atoms with E-state index < -0.39 is 4.92 Å². The summed E-state index contributed by atoms with van der Waals surface area (Å²) in [5, 5.41) is 23.6. The lowest BCUT2D eigenvalue weighted by Crippen LogP contribution is -2.15. The Morgan fingerprint density at radius 2 is 2.00 bits per heavy atom. The standard InChI is InChI=1S/C14H15N3O3/c1-10-6-7-14(18)12(16-10)9-15-8-11-4-2-3-5-13(11)17(19)20/h2-7,15,18H,8-9H2,1H3. The number of rotatable bonds is 5. The number of hydrogen-bond acceptors (Lipinski definition) is 5. The highest BCUT2D eigenvalue weighted by atomic mass is 16.6. The summed E-state index contributed by atoms with van der Waals surface area (Å²) < 4.78 is 0. The van der Waals surface area contributed by atoms with E-state index in [1.54, 1.807) is 30.3 Å². The Morgan fingerprint density at radius 3 is 2.75 bits per heavy atom. The zero-order valence-corrected chi connectivity index (χ0v) is 11.0. The fraction of sp³-hybridized carbons (Fsp3) is 0.214. The Hall–Kier alpha value is -2.47. The number of nitrogens with zero attached hydrogens (tertiary/aromatic N) is 2. The van der Waals surface area contributed by atoms with Crippen LogP contribution in [0.4, 0.5) is 5.69 Å². The Kier molecular flexibility index (Phi) is 4.27. The minimum absolute atomic E-state index is 0.0847. The highest BCUT2D eigenvalue weighted by molar-refractivity contribution is 5.39. The molecule has 0 radical (unpaired) electrons. The van der Waals surface area contributed by atoms with E-state index in [1.165, 1.54) is 6.07 Å². The van der Waals surface area contributed by atoms with Crippen LogP contribution in [-0.4, -0.2) is 15.0 Å². The van der Waals surface area contributed by atoms with Crippen LogP contribution < -0.4 is 5.32 Å². The maximum atomic E-state index is 10.9. The maximum Gasteiger partial charge on any atom is 0.273 e. The van der Waals surface area contributed by atoms with E-state index in [4.69, 9.17) is 0 Å². The van der Waals surface area contributed by atoms with Gasteiger partial charge in [-0.05, 0) is 19.1 Å². The van der Waals surface area contributed by atoms with Gasteiger partial charge in [0, 0.05) is 30.4 Å². The fourth-order valence-electron chi connectivity index (χ4n) is 1.89. The third-order valence-electron chi connectivity index (χ3n) is 2.89. The van der Waals surface area contributed by atoms with Gasteiger partial charge in [-0.2, -0.15) is 0 Å². The monoisotopic (exact) mass is 273 g/mol. The molecule has 104 valence electrons. The van der Waals surface area contributed by atoms with Crippen LogP contribution in [-0.2, 0) is 13.1 Å². The molecule has 1 aromatic carbocycles. The molecule has 0 bridgehead atoms. The minimum atomic E-state index is -0.403. The molecule has 1 aromatic heterocycles. The van der Waals surface area contributed by atoms with Crippen molar-refractivity contribution in [2.75, 3.05) is 0 Å². The highest BCUT2D eigenvalue weighted by Crippen LogP contribution is 2.18. The molecule has 0 aliphatic heterocycles. The average molecular weight is 273 g/mol. The van der Waals surface area contributed by atoms with Crippen LogP contribution in [0.3, 0.4) is 0 Å². The molecule has 2 aromatic rings. The first-order chi connectivity index (χ1) is 9.58. The van der Waals surface area contributed by atoms with E-state index in [0.717, 1.165) is 5.69 Å². The van der Waals surface area contributed by atoms with E-state index >= 15 is 0 Å². The number of aryl methyl sites for hydroxylation is 1. The number of nitro groups is 1. The first kappa shape index (κ1) is 14.0. The van der Waals surface area contributed by atoms with E-state index in [-0.39, 0.29) is 11.4 Å². The highest BCUT2D eigenvalue weighted by Gasteiger charge is 2.12. The van der Waals surface area contributed by atoms with Crippen molar-refractivity contribution in [1.82, 2.24) is 10.3 Å². The second-order valence-corrected chi connectivity index (χ2v) is 4.41. The number of para-hydroxylation sites is 1. The van der Waals surface area contributed by atoms with Crippen LogP contribution in [0, 0.1) is 17.0 Å². The van der Waals surface area contributed by atoms with Gasteiger partial charge in [-0.25, -0.2) is 0 Å². The Bertz CT molecular complexity index is 629. The van der Waals surface area contributed by atoms with Crippen molar-refractivity contribution in [3.8, 4) is 5.75 Å². The molecule has 0 aliphatic rings. The first-order valence-electron chi connectivity index (χ1n) is 6.16. The minimum Gasteiger partial charge on any atom is -0.506 e. The molecule has 1 heterocycles. The number of aromatic hydroxyl groups is 1. The summed E-state index contributed by atoms with van der Waals surface area (Å²) in [5.74, 6) is 0.116. The number of pyridine rings is 1. The molecule has 6 nitrogen and oxygen atoms in total. The average Bonchev–Trinajstić information content (AvgIpc) is 2.43. The largest absolute Gasteiger partial charge is 0.506 e. The number of hydrogen-bond donors (Lipinski definition) is 2. The van der Waals surface area contributed by atoms with Crippen molar-refractivity contribution in [2.45, 2.75) is 20.0 Å². The van der Waals surface area contributed by atoms with Gasteiger partial charge in [-0.1, -0.05) is 18.2 Å². The normalized spacial score (nSPS) is 10.4. The SMILES string of the molecule is Cc1ccc(O)c(CNCc2ccccc2[N+](=O)[O-])n1. The molecular formula is C14H15N3O3. The second kappa shape index (κ2) is 6.12. The molecule has 0 atom stereocenters. The number of nitrogens with one attached hydrogen (secondary N) is 1. The van der Waals surface area contributed by atoms with Gasteiger partial charge >= 0.3 is 0 Å². The molecule has 0 amide bonds. The van der Waals surface area contributed by atoms with Crippen molar-refractivity contribution < 1.29 is 10.0 Å². The molecule has 2 rings (SSSR count). The summed E-state index contributed by atoms with van der Waals surface area (Å²) in [4.78, 5) is 14.7. The fourth-order valence-corrected chi connectivity index (χ4v) is 1.89. The Labute approximate surface area is 116 Å². The molecule has 20 heavy (non-hydrogen) atoms. The van der Waals surface area contributed by atoms with Crippen LogP contribution >= 0.6 is 0 Å². The quantitative estimate of drug-likeness (QED) is 0.644. The third kappa shape index (κ3) is 3.30. The van der Waals surface area contributed by atoms with Crippen molar-refractivity contribution in [1.29, 1.82) is 0 Å². The lowest BCUT2D eigenvalue weighted by atomic mass is 10.2. The second-order valence-electron chi connectivity index (χ2n) is 4.41. The summed E-state index contributed by atoms with van der Waals surface area (Å²) in [6.45, 7) is 2.52. The summed E-state index contributed by atoms with van der Waals surface area (Å²) in [6, 6.07) is 9.88. The van der Waals surface area contributed by atoms with E-state index in [0.29, 0.717) is 24.3 Å². The number of aromatic nitrogens is 1. The van der Waals surface area contributed by atoms with Gasteiger partial charge in [-0.3, -0.25) is 15.1 Å². The smallest absolute Gasteiger partial charge is 0.273 e. The van der Waals surface area contributed by atoms with Crippen molar-refractivity contribution in [3.63, 3.8) is 0 Å². The Balaban J connectivity index is 2.03. The van der Waals surface area contributed by atoms with Gasteiger partial charge in [0.15, 0.2) is 0 Å². The van der Waals surface area contributed by atoms with Crippen LogP contribution in [0.1, 0.15) is 17.0 Å². The van der Waals surface area contributed by atoms with Crippen LogP contribution in [0.15, 0.2) is 36.4 Å². The van der Waals surface area contributed by atoms with Gasteiger partial charge in [0.25, 0.3) is 5.69 Å². The van der Waals surface area contributed by atoms with E-state index in [1.807, 2.05) is 6.92 Å². The predicted molar refractivity (Wildman–Crippen MR) is 74.3 cm³/mol. The van der Waals surface area contributed by atoms with Crippen LogP contribution in [0.5, 0.6) is 5.75 Å². The maximum absolute atomic E-state index is 10.9. The topological polar surface area (TPSA) is 88.3 Å². The molecule has 0 saturated heterocycles. The van der Waals surface area contributed by atoms with Gasteiger partial charge in [0.2, 0.25) is 0 Å². The van der Waals surface area contributed by atoms with Crippen molar-refractivity contribution >= 4 is 5.69 Å². The lowest BCUT2D eigenvalue weighted by Gasteiger charge is -2.07. The van der Waals surface area contributed by atoms with E-state index in [9.17, 15) is 15.2 Å². The van der Waals surface area contributed by atoms with Crippen LogP contribution in [0.25, 0.3) is 0 Å².